The number of amides is 2. The molecule has 2 aromatic rings. The zero-order valence-electron chi connectivity index (χ0n) is 15.7. The molecule has 0 radical (unpaired) electrons. The predicted molar refractivity (Wildman–Crippen MR) is 109 cm³/mol. The Morgan fingerprint density at radius 1 is 1.07 bits per heavy atom. The highest BCUT2D eigenvalue weighted by atomic mass is 32.2. The number of rotatable bonds is 6. The molecule has 152 valence electrons. The molecule has 2 N–H and O–H groups in total. The van der Waals surface area contributed by atoms with Gasteiger partial charge in [0.15, 0.2) is 0 Å². The highest BCUT2D eigenvalue weighted by molar-refractivity contribution is 7.99. The minimum atomic E-state index is -1.10. The number of thioether (sulfide) groups is 1. The van der Waals surface area contributed by atoms with Crippen LogP contribution in [-0.2, 0) is 20.9 Å². The largest absolute Gasteiger partial charge is 0.480 e. The monoisotopic (exact) mass is 414 g/mol. The van der Waals surface area contributed by atoms with Crippen molar-refractivity contribution in [3.8, 4) is 0 Å². The molecule has 7 nitrogen and oxygen atoms in total. The van der Waals surface area contributed by atoms with Gasteiger partial charge >= 0.3 is 12.1 Å². The van der Waals surface area contributed by atoms with E-state index < -0.39 is 30.6 Å². The molecular weight excluding hydrogens is 392 g/mol. The maximum absolute atomic E-state index is 13.1. The number of carbonyl (C=O) groups excluding carboxylic acids is 2. The first-order valence-corrected chi connectivity index (χ1v) is 10.3. The molecule has 8 heteroatoms. The minimum Gasteiger partial charge on any atom is -0.480 e. The van der Waals surface area contributed by atoms with Crippen molar-refractivity contribution in [2.75, 3.05) is 18.1 Å². The standard InChI is InChI=1S/C21H22N2O5S/c24-19(25)11-23-18(16-9-5-2-6-10-16)14-29-13-17(20(23)26)22-21(27)28-12-15-7-3-1-4-8-15/h1-10,17-18H,11-14H2,(H,22,27)(H,24,25)/t17-,18-/m0/s1. The van der Waals surface area contributed by atoms with Crippen molar-refractivity contribution in [3.63, 3.8) is 0 Å². The van der Waals surface area contributed by atoms with Crippen molar-refractivity contribution >= 4 is 29.7 Å². The lowest BCUT2D eigenvalue weighted by atomic mass is 10.1. The summed E-state index contributed by atoms with van der Waals surface area (Å²) in [7, 11) is 0. The van der Waals surface area contributed by atoms with Gasteiger partial charge in [0.1, 0.15) is 19.2 Å². The van der Waals surface area contributed by atoms with E-state index in [4.69, 9.17) is 4.74 Å². The fraction of sp³-hybridized carbons (Fsp3) is 0.286. The summed E-state index contributed by atoms with van der Waals surface area (Å²) < 4.78 is 5.20. The van der Waals surface area contributed by atoms with Crippen LogP contribution in [0.5, 0.6) is 0 Å². The number of nitrogens with one attached hydrogen (secondary N) is 1. The summed E-state index contributed by atoms with van der Waals surface area (Å²) in [6, 6.07) is 17.3. The van der Waals surface area contributed by atoms with Gasteiger partial charge in [0.2, 0.25) is 5.91 Å². The second-order valence-corrected chi connectivity index (χ2v) is 7.66. The van der Waals surface area contributed by atoms with E-state index in [9.17, 15) is 19.5 Å². The van der Waals surface area contributed by atoms with Crippen LogP contribution in [0.2, 0.25) is 0 Å². The number of carboxylic acids is 1. The minimum absolute atomic E-state index is 0.0895. The van der Waals surface area contributed by atoms with Crippen molar-refractivity contribution in [2.24, 2.45) is 0 Å². The van der Waals surface area contributed by atoms with Crippen molar-refractivity contribution in [3.05, 3.63) is 71.8 Å². The molecule has 0 saturated carbocycles. The number of hydrogen-bond acceptors (Lipinski definition) is 5. The van der Waals surface area contributed by atoms with E-state index in [-0.39, 0.29) is 12.6 Å². The van der Waals surface area contributed by atoms with Gasteiger partial charge in [-0.05, 0) is 11.1 Å². The van der Waals surface area contributed by atoms with Gasteiger partial charge in [0.05, 0.1) is 6.04 Å². The third kappa shape index (κ3) is 5.74. The SMILES string of the molecule is O=C(O)CN1C(=O)[C@@H](NC(=O)OCc2ccccc2)CSC[C@H]1c1ccccc1. The third-order valence-corrected chi connectivity index (χ3v) is 5.63. The van der Waals surface area contributed by atoms with Crippen LogP contribution < -0.4 is 5.32 Å². The summed E-state index contributed by atoms with van der Waals surface area (Å²) in [4.78, 5) is 37.9. The first kappa shape index (κ1) is 20.7. The Kier molecular flexibility index (Phi) is 7.13. The number of nitrogens with zero attached hydrogens (tertiary/aromatic N) is 1. The molecule has 1 heterocycles. The second-order valence-electron chi connectivity index (χ2n) is 6.58. The van der Waals surface area contributed by atoms with E-state index in [2.05, 4.69) is 5.32 Å². The summed E-state index contributed by atoms with van der Waals surface area (Å²) in [6.45, 7) is -0.345. The Morgan fingerprint density at radius 2 is 1.72 bits per heavy atom. The van der Waals surface area contributed by atoms with Gasteiger partial charge in [-0.3, -0.25) is 9.59 Å². The normalized spacial score (nSPS) is 19.3. The Hall–Kier alpha value is -3.00. The highest BCUT2D eigenvalue weighted by Gasteiger charge is 2.36. The molecule has 0 unspecified atom stereocenters. The smallest absolute Gasteiger partial charge is 0.408 e. The molecule has 3 rings (SSSR count). The molecule has 1 aliphatic rings. The summed E-state index contributed by atoms with van der Waals surface area (Å²) in [5, 5.41) is 11.9. The van der Waals surface area contributed by atoms with E-state index in [0.717, 1.165) is 11.1 Å². The van der Waals surface area contributed by atoms with Crippen molar-refractivity contribution in [1.82, 2.24) is 10.2 Å². The van der Waals surface area contributed by atoms with Gasteiger partial charge in [-0.15, -0.1) is 0 Å². The summed E-state index contributed by atoms with van der Waals surface area (Å²) in [5.41, 5.74) is 1.70. The van der Waals surface area contributed by atoms with E-state index >= 15 is 0 Å². The first-order chi connectivity index (χ1) is 14.0. The van der Waals surface area contributed by atoms with Crippen molar-refractivity contribution < 1.29 is 24.2 Å². The number of carbonyl (C=O) groups is 3. The molecule has 0 aromatic heterocycles. The Morgan fingerprint density at radius 3 is 2.38 bits per heavy atom. The molecule has 2 atom stereocenters. The number of hydrogen-bond donors (Lipinski definition) is 2. The van der Waals surface area contributed by atoms with Crippen LogP contribution in [0.1, 0.15) is 17.2 Å². The fourth-order valence-corrected chi connectivity index (χ4v) is 4.30. The first-order valence-electron chi connectivity index (χ1n) is 9.17. The Labute approximate surface area is 173 Å². The van der Waals surface area contributed by atoms with E-state index in [1.165, 1.54) is 16.7 Å². The quantitative estimate of drug-likeness (QED) is 0.755. The lowest BCUT2D eigenvalue weighted by molar-refractivity contribution is -0.146. The number of ether oxygens (including phenoxy) is 1. The number of benzene rings is 2. The lowest BCUT2D eigenvalue weighted by Crippen LogP contribution is -2.51. The van der Waals surface area contributed by atoms with Crippen molar-refractivity contribution in [1.29, 1.82) is 0 Å². The highest BCUT2D eigenvalue weighted by Crippen LogP contribution is 2.29. The van der Waals surface area contributed by atoms with Gasteiger partial charge in [-0.2, -0.15) is 11.8 Å². The molecular formula is C21H22N2O5S. The molecule has 1 aliphatic heterocycles. The number of aliphatic carboxylic acids is 1. The van der Waals surface area contributed by atoms with Crippen molar-refractivity contribution in [2.45, 2.75) is 18.7 Å². The van der Waals surface area contributed by atoms with E-state index in [1.54, 1.807) is 0 Å². The average Bonchev–Trinajstić information content (AvgIpc) is 2.87. The van der Waals surface area contributed by atoms with E-state index in [1.807, 2.05) is 60.7 Å². The van der Waals surface area contributed by atoms with Crippen LogP contribution in [0.3, 0.4) is 0 Å². The molecule has 0 spiro atoms. The maximum Gasteiger partial charge on any atom is 0.408 e. The Balaban J connectivity index is 1.69. The summed E-state index contributed by atoms with van der Waals surface area (Å²) in [6.07, 6.45) is -0.707. The number of alkyl carbamates (subject to hydrolysis) is 1. The zero-order chi connectivity index (χ0) is 20.6. The van der Waals surface area contributed by atoms with Gasteiger partial charge in [-0.1, -0.05) is 60.7 Å². The molecule has 0 bridgehead atoms. The van der Waals surface area contributed by atoms with Gasteiger partial charge in [0, 0.05) is 11.5 Å². The molecule has 2 amide bonds. The average molecular weight is 414 g/mol. The molecule has 1 saturated heterocycles. The summed E-state index contributed by atoms with van der Waals surface area (Å²) >= 11 is 1.49. The molecule has 2 aromatic carbocycles. The second kappa shape index (κ2) is 9.97. The topological polar surface area (TPSA) is 95.9 Å². The van der Waals surface area contributed by atoms with Crippen LogP contribution in [-0.4, -0.2) is 52.1 Å². The predicted octanol–water partition coefficient (Wildman–Crippen LogP) is 2.68. The fourth-order valence-electron chi connectivity index (χ4n) is 3.11. The summed E-state index contributed by atoms with van der Waals surface area (Å²) in [5.74, 6) is -0.640. The lowest BCUT2D eigenvalue weighted by Gasteiger charge is -2.30. The van der Waals surface area contributed by atoms with Crippen LogP contribution in [0.25, 0.3) is 0 Å². The van der Waals surface area contributed by atoms with Gasteiger partial charge in [0.25, 0.3) is 0 Å². The molecule has 0 aliphatic carbocycles. The van der Waals surface area contributed by atoms with Crippen LogP contribution in [0.4, 0.5) is 4.79 Å². The molecule has 29 heavy (non-hydrogen) atoms. The third-order valence-electron chi connectivity index (χ3n) is 4.51. The Bertz CT molecular complexity index is 847. The maximum atomic E-state index is 13.1. The molecule has 1 fully saturated rings. The van der Waals surface area contributed by atoms with Gasteiger partial charge < -0.3 is 20.1 Å². The zero-order valence-corrected chi connectivity index (χ0v) is 16.5. The van der Waals surface area contributed by atoms with E-state index in [0.29, 0.717) is 11.5 Å². The van der Waals surface area contributed by atoms with Gasteiger partial charge in [-0.25, -0.2) is 4.79 Å². The van der Waals surface area contributed by atoms with Crippen LogP contribution in [0.15, 0.2) is 60.7 Å². The van der Waals surface area contributed by atoms with Crippen LogP contribution >= 0.6 is 11.8 Å². The number of carboxylic acid groups (broad SMARTS) is 1. The van der Waals surface area contributed by atoms with Crippen LogP contribution in [0, 0.1) is 0 Å².